The van der Waals surface area contributed by atoms with E-state index in [1.807, 2.05) is 12.2 Å². The van der Waals surface area contributed by atoms with E-state index in [1.54, 1.807) is 12.2 Å². The molecule has 0 atom stereocenters. The average Bonchev–Trinajstić information content (AvgIpc) is 2.85. The van der Waals surface area contributed by atoms with Crippen molar-refractivity contribution in [2.45, 2.75) is 18.4 Å². The molecule has 1 aliphatic heterocycles. The van der Waals surface area contributed by atoms with Crippen molar-refractivity contribution in [2.75, 3.05) is 6.61 Å². The van der Waals surface area contributed by atoms with Crippen molar-refractivity contribution in [1.29, 1.82) is 0 Å². The highest BCUT2D eigenvalue weighted by molar-refractivity contribution is 6.00. The summed E-state index contributed by atoms with van der Waals surface area (Å²) in [7, 11) is 0. The number of ether oxygens (including phenoxy) is 1. The van der Waals surface area contributed by atoms with E-state index in [0.29, 0.717) is 5.41 Å². The summed E-state index contributed by atoms with van der Waals surface area (Å²) in [5, 5.41) is 0. The van der Waals surface area contributed by atoms with E-state index in [2.05, 4.69) is 0 Å². The maximum absolute atomic E-state index is 10.9. The number of hydrogen-bond acceptors (Lipinski definition) is 2. The maximum Gasteiger partial charge on any atom is 0.178 e. The van der Waals surface area contributed by atoms with E-state index in [-0.39, 0.29) is 11.4 Å². The van der Waals surface area contributed by atoms with Crippen molar-refractivity contribution in [1.82, 2.24) is 0 Å². The summed E-state index contributed by atoms with van der Waals surface area (Å²) in [4.78, 5) is 10.9. The lowest BCUT2D eigenvalue weighted by molar-refractivity contribution is -0.160. The number of ketones is 1. The van der Waals surface area contributed by atoms with Crippen LogP contribution < -0.4 is 0 Å². The number of fused-ring (bicyclic) bond motifs is 1. The van der Waals surface area contributed by atoms with Crippen LogP contribution in [0.1, 0.15) is 12.8 Å². The third-order valence-electron chi connectivity index (χ3n) is 3.26. The van der Waals surface area contributed by atoms with E-state index in [1.165, 1.54) is 12.8 Å². The summed E-state index contributed by atoms with van der Waals surface area (Å²) in [6.07, 6.45) is 9.59. The summed E-state index contributed by atoms with van der Waals surface area (Å²) in [5.41, 5.74) is 0.182. The molecule has 12 heavy (non-hydrogen) atoms. The van der Waals surface area contributed by atoms with Crippen LogP contribution in [0.2, 0.25) is 0 Å². The molecule has 0 radical (unpaired) electrons. The molecule has 0 aromatic carbocycles. The molecule has 0 unspecified atom stereocenters. The number of carbonyl (C=O) groups is 1. The summed E-state index contributed by atoms with van der Waals surface area (Å²) in [5.74, 6) is 0.0759. The zero-order valence-corrected chi connectivity index (χ0v) is 6.75. The van der Waals surface area contributed by atoms with Gasteiger partial charge in [-0.05, 0) is 37.1 Å². The van der Waals surface area contributed by atoms with Gasteiger partial charge in [0.05, 0.1) is 6.61 Å². The fraction of sp³-hybridized carbons (Fsp3) is 0.500. The van der Waals surface area contributed by atoms with E-state index in [9.17, 15) is 4.79 Å². The Bertz CT molecular complexity index is 292. The van der Waals surface area contributed by atoms with Crippen molar-refractivity contribution in [3.8, 4) is 0 Å². The van der Waals surface area contributed by atoms with Gasteiger partial charge in [-0.1, -0.05) is 0 Å². The van der Waals surface area contributed by atoms with Gasteiger partial charge in [-0.3, -0.25) is 4.79 Å². The molecule has 0 amide bonds. The van der Waals surface area contributed by atoms with E-state index >= 15 is 0 Å². The molecule has 1 saturated carbocycles. The van der Waals surface area contributed by atoms with Gasteiger partial charge in [-0.15, -0.1) is 0 Å². The number of rotatable bonds is 0. The van der Waals surface area contributed by atoms with Gasteiger partial charge >= 0.3 is 0 Å². The predicted molar refractivity (Wildman–Crippen MR) is 43.6 cm³/mol. The van der Waals surface area contributed by atoms with Crippen LogP contribution in [-0.2, 0) is 9.53 Å². The smallest absolute Gasteiger partial charge is 0.178 e. The molecule has 2 spiro atoms. The lowest BCUT2D eigenvalue weighted by atomic mass is 9.76. The molecule has 0 N–H and O–H groups in total. The van der Waals surface area contributed by atoms with Crippen molar-refractivity contribution in [3.05, 3.63) is 24.3 Å². The molecule has 0 aromatic rings. The largest absolute Gasteiger partial charge is 0.365 e. The summed E-state index contributed by atoms with van der Waals surface area (Å²) in [6.45, 7) is 0.871. The van der Waals surface area contributed by atoms with Crippen LogP contribution in [0.15, 0.2) is 24.3 Å². The molecule has 62 valence electrons. The number of hydrogen-bond donors (Lipinski definition) is 0. The third-order valence-corrected chi connectivity index (χ3v) is 3.26. The van der Waals surface area contributed by atoms with Crippen molar-refractivity contribution < 1.29 is 9.53 Å². The first-order chi connectivity index (χ1) is 5.77. The molecular weight excluding hydrogens is 152 g/mol. The fourth-order valence-corrected chi connectivity index (χ4v) is 2.10. The third kappa shape index (κ3) is 0.581. The number of allylic oxidation sites excluding steroid dienone is 2. The van der Waals surface area contributed by atoms with Crippen LogP contribution in [-0.4, -0.2) is 18.0 Å². The Balaban J connectivity index is 1.98. The van der Waals surface area contributed by atoms with Gasteiger partial charge in [0.2, 0.25) is 0 Å². The minimum absolute atomic E-state index is 0.0759. The highest BCUT2D eigenvalue weighted by atomic mass is 16.5. The molecule has 3 aliphatic rings. The van der Waals surface area contributed by atoms with Gasteiger partial charge in [0, 0.05) is 5.41 Å². The molecule has 2 fully saturated rings. The Labute approximate surface area is 70.9 Å². The van der Waals surface area contributed by atoms with Crippen LogP contribution in [0.3, 0.4) is 0 Å². The predicted octanol–water partition coefficient (Wildman–Crippen LogP) is 1.23. The number of carbonyl (C=O) groups excluding carboxylic acids is 1. The Morgan fingerprint density at radius 1 is 1.25 bits per heavy atom. The Morgan fingerprint density at radius 2 is 1.92 bits per heavy atom. The molecular formula is C10H10O2. The monoisotopic (exact) mass is 162 g/mol. The van der Waals surface area contributed by atoms with Gasteiger partial charge in [-0.2, -0.15) is 0 Å². The average molecular weight is 162 g/mol. The molecule has 0 aromatic heterocycles. The van der Waals surface area contributed by atoms with Crippen LogP contribution >= 0.6 is 0 Å². The van der Waals surface area contributed by atoms with Crippen molar-refractivity contribution in [3.63, 3.8) is 0 Å². The first kappa shape index (κ1) is 6.61. The van der Waals surface area contributed by atoms with Crippen LogP contribution in [0.5, 0.6) is 0 Å². The molecule has 2 nitrogen and oxygen atoms in total. The first-order valence-corrected chi connectivity index (χ1v) is 4.33. The van der Waals surface area contributed by atoms with Gasteiger partial charge in [-0.25, -0.2) is 0 Å². The van der Waals surface area contributed by atoms with Crippen molar-refractivity contribution in [2.24, 2.45) is 5.41 Å². The topological polar surface area (TPSA) is 26.3 Å². The first-order valence-electron chi connectivity index (χ1n) is 4.33. The second kappa shape index (κ2) is 1.72. The summed E-state index contributed by atoms with van der Waals surface area (Å²) in [6, 6.07) is 0. The second-order valence-corrected chi connectivity index (χ2v) is 3.93. The van der Waals surface area contributed by atoms with E-state index < -0.39 is 0 Å². The van der Waals surface area contributed by atoms with Gasteiger partial charge < -0.3 is 4.74 Å². The van der Waals surface area contributed by atoms with E-state index in [4.69, 9.17) is 4.74 Å². The highest BCUT2D eigenvalue weighted by Gasteiger charge is 2.65. The maximum atomic E-state index is 10.9. The van der Waals surface area contributed by atoms with Gasteiger partial charge in [0.15, 0.2) is 5.78 Å². The Kier molecular flexibility index (Phi) is 0.945. The van der Waals surface area contributed by atoms with Gasteiger partial charge in [0.25, 0.3) is 0 Å². The zero-order chi connectivity index (χ0) is 8.23. The molecule has 0 bridgehead atoms. The van der Waals surface area contributed by atoms with Crippen LogP contribution in [0.4, 0.5) is 0 Å². The quantitative estimate of drug-likeness (QED) is 0.535. The van der Waals surface area contributed by atoms with Crippen LogP contribution in [0, 0.1) is 5.41 Å². The minimum Gasteiger partial charge on any atom is -0.365 e. The van der Waals surface area contributed by atoms with E-state index in [0.717, 1.165) is 6.61 Å². The SMILES string of the molecule is O=C1C=CC2(C=C1)OCC21CC1. The summed E-state index contributed by atoms with van der Waals surface area (Å²) >= 11 is 0. The summed E-state index contributed by atoms with van der Waals surface area (Å²) < 4.78 is 5.56. The molecule has 3 rings (SSSR count). The lowest BCUT2D eigenvalue weighted by Crippen LogP contribution is -2.53. The molecule has 1 heterocycles. The lowest BCUT2D eigenvalue weighted by Gasteiger charge is -2.47. The highest BCUT2D eigenvalue weighted by Crippen LogP contribution is 2.64. The second-order valence-electron chi connectivity index (χ2n) is 3.93. The Morgan fingerprint density at radius 3 is 2.33 bits per heavy atom. The van der Waals surface area contributed by atoms with Crippen molar-refractivity contribution >= 4 is 5.78 Å². The minimum atomic E-state index is -0.194. The fourth-order valence-electron chi connectivity index (χ4n) is 2.10. The molecule has 1 saturated heterocycles. The Hall–Kier alpha value is -0.890. The van der Waals surface area contributed by atoms with Gasteiger partial charge in [0.1, 0.15) is 5.60 Å². The standard InChI is InChI=1S/C10H10O2/c11-8-1-3-10(4-2-8)9(5-6-9)7-12-10/h1-4H,5-7H2. The molecule has 2 heteroatoms. The normalized spacial score (nSPS) is 32.5. The van der Waals surface area contributed by atoms with Crippen LogP contribution in [0.25, 0.3) is 0 Å². The zero-order valence-electron chi connectivity index (χ0n) is 6.75. The molecule has 2 aliphatic carbocycles.